The summed E-state index contributed by atoms with van der Waals surface area (Å²) in [6, 6.07) is 0. The highest BCUT2D eigenvalue weighted by molar-refractivity contribution is 4.83. The van der Waals surface area contributed by atoms with E-state index in [4.69, 9.17) is 0 Å². The minimum atomic E-state index is 0.558. The number of rotatable bonds is 2. The molecule has 0 nitrogen and oxygen atoms in total. The first-order valence-corrected chi connectivity index (χ1v) is 4.49. The van der Waals surface area contributed by atoms with Gasteiger partial charge in [-0.15, -0.1) is 0 Å². The van der Waals surface area contributed by atoms with Gasteiger partial charge in [0.15, 0.2) is 0 Å². The Labute approximate surface area is 65.0 Å². The van der Waals surface area contributed by atoms with Crippen LogP contribution in [0.15, 0.2) is 0 Å². The lowest BCUT2D eigenvalue weighted by Crippen LogP contribution is -2.04. The van der Waals surface area contributed by atoms with Gasteiger partial charge >= 0.3 is 0 Å². The van der Waals surface area contributed by atoms with E-state index in [2.05, 4.69) is 27.7 Å². The van der Waals surface area contributed by atoms with Crippen LogP contribution in [0.1, 0.15) is 47.0 Å². The average Bonchev–Trinajstić information content (AvgIpc) is 2.40. The SMILES string of the molecule is CC1CC1CCC(C)(C)C. The van der Waals surface area contributed by atoms with E-state index in [1.807, 2.05) is 0 Å². The van der Waals surface area contributed by atoms with Gasteiger partial charge in [-0.3, -0.25) is 0 Å². The van der Waals surface area contributed by atoms with Crippen LogP contribution in [0.25, 0.3) is 0 Å². The van der Waals surface area contributed by atoms with E-state index in [0.29, 0.717) is 5.41 Å². The van der Waals surface area contributed by atoms with Crippen LogP contribution < -0.4 is 0 Å². The summed E-state index contributed by atoms with van der Waals surface area (Å²) in [5.74, 6) is 2.13. The van der Waals surface area contributed by atoms with Crippen molar-refractivity contribution in [3.05, 3.63) is 0 Å². The molecule has 0 N–H and O–H groups in total. The van der Waals surface area contributed by atoms with E-state index in [0.717, 1.165) is 11.8 Å². The van der Waals surface area contributed by atoms with Gasteiger partial charge in [-0.25, -0.2) is 0 Å². The summed E-state index contributed by atoms with van der Waals surface area (Å²) >= 11 is 0. The Bertz CT molecular complexity index is 108. The zero-order valence-corrected chi connectivity index (χ0v) is 7.78. The third-order valence-corrected chi connectivity index (χ3v) is 2.54. The van der Waals surface area contributed by atoms with Crippen molar-refractivity contribution in [3.8, 4) is 0 Å². The van der Waals surface area contributed by atoms with Gasteiger partial charge in [0.05, 0.1) is 0 Å². The molecular formula is C10H20. The Morgan fingerprint density at radius 3 is 2.10 bits per heavy atom. The Kier molecular flexibility index (Phi) is 2.07. The number of hydrogen-bond acceptors (Lipinski definition) is 0. The largest absolute Gasteiger partial charge is 0.0622 e. The lowest BCUT2D eigenvalue weighted by atomic mass is 9.89. The van der Waals surface area contributed by atoms with Crippen LogP contribution in [-0.4, -0.2) is 0 Å². The van der Waals surface area contributed by atoms with Gasteiger partial charge in [0.1, 0.15) is 0 Å². The van der Waals surface area contributed by atoms with Gasteiger partial charge in [-0.2, -0.15) is 0 Å². The minimum absolute atomic E-state index is 0.558. The first-order chi connectivity index (χ1) is 4.49. The molecule has 0 amide bonds. The third kappa shape index (κ3) is 2.72. The highest BCUT2D eigenvalue weighted by atomic mass is 14.4. The summed E-state index contributed by atoms with van der Waals surface area (Å²) in [7, 11) is 0. The van der Waals surface area contributed by atoms with Gasteiger partial charge in [-0.1, -0.05) is 27.7 Å². The maximum absolute atomic E-state index is 2.37. The molecule has 0 heteroatoms. The molecule has 0 aromatic heterocycles. The van der Waals surface area contributed by atoms with E-state index < -0.39 is 0 Å². The molecule has 2 atom stereocenters. The van der Waals surface area contributed by atoms with Crippen LogP contribution in [0.5, 0.6) is 0 Å². The Hall–Kier alpha value is 0. The first kappa shape index (κ1) is 8.10. The van der Waals surface area contributed by atoms with Crippen molar-refractivity contribution in [1.82, 2.24) is 0 Å². The third-order valence-electron chi connectivity index (χ3n) is 2.54. The fourth-order valence-corrected chi connectivity index (χ4v) is 1.42. The smallest absolute Gasteiger partial charge is 0.0383 e. The van der Waals surface area contributed by atoms with Crippen LogP contribution in [0.3, 0.4) is 0 Å². The van der Waals surface area contributed by atoms with E-state index in [1.165, 1.54) is 19.3 Å². The minimum Gasteiger partial charge on any atom is -0.0622 e. The molecule has 1 fully saturated rings. The van der Waals surface area contributed by atoms with Crippen LogP contribution in [-0.2, 0) is 0 Å². The van der Waals surface area contributed by atoms with Crippen molar-refractivity contribution in [2.45, 2.75) is 47.0 Å². The summed E-state index contributed by atoms with van der Waals surface area (Å²) in [5, 5.41) is 0. The van der Waals surface area contributed by atoms with Crippen molar-refractivity contribution in [2.24, 2.45) is 17.3 Å². The van der Waals surface area contributed by atoms with E-state index >= 15 is 0 Å². The molecule has 0 aromatic rings. The van der Waals surface area contributed by atoms with E-state index in [-0.39, 0.29) is 0 Å². The zero-order chi connectivity index (χ0) is 7.78. The first-order valence-electron chi connectivity index (χ1n) is 4.49. The molecule has 0 aromatic carbocycles. The molecule has 0 heterocycles. The quantitative estimate of drug-likeness (QED) is 0.551. The van der Waals surface area contributed by atoms with E-state index in [9.17, 15) is 0 Å². The predicted molar refractivity (Wildman–Crippen MR) is 46.0 cm³/mol. The monoisotopic (exact) mass is 140 g/mol. The Morgan fingerprint density at radius 2 is 1.80 bits per heavy atom. The fourth-order valence-electron chi connectivity index (χ4n) is 1.42. The van der Waals surface area contributed by atoms with Crippen molar-refractivity contribution in [3.63, 3.8) is 0 Å². The summed E-state index contributed by atoms with van der Waals surface area (Å²) in [6.07, 6.45) is 4.36. The molecule has 1 saturated carbocycles. The second-order valence-corrected chi connectivity index (χ2v) is 5.07. The second kappa shape index (κ2) is 2.56. The highest BCUT2D eigenvalue weighted by Gasteiger charge is 2.32. The van der Waals surface area contributed by atoms with Gasteiger partial charge in [0.25, 0.3) is 0 Å². The topological polar surface area (TPSA) is 0 Å². The van der Waals surface area contributed by atoms with Crippen LogP contribution in [0.4, 0.5) is 0 Å². The van der Waals surface area contributed by atoms with Gasteiger partial charge < -0.3 is 0 Å². The molecule has 0 aliphatic heterocycles. The Balaban J connectivity index is 2.06. The summed E-state index contributed by atoms with van der Waals surface area (Å²) in [5.41, 5.74) is 0.558. The molecule has 10 heavy (non-hydrogen) atoms. The average molecular weight is 140 g/mol. The molecule has 0 radical (unpaired) electrons. The molecule has 1 aliphatic rings. The Morgan fingerprint density at radius 1 is 1.30 bits per heavy atom. The molecule has 1 aliphatic carbocycles. The maximum atomic E-state index is 2.37. The zero-order valence-electron chi connectivity index (χ0n) is 7.78. The van der Waals surface area contributed by atoms with Gasteiger partial charge in [-0.05, 0) is 36.5 Å². The van der Waals surface area contributed by atoms with Crippen LogP contribution in [0.2, 0.25) is 0 Å². The standard InChI is InChI=1S/C10H20/c1-8-7-9(8)5-6-10(2,3)4/h8-9H,5-7H2,1-4H3. The molecule has 0 bridgehead atoms. The maximum Gasteiger partial charge on any atom is -0.0383 e. The summed E-state index contributed by atoms with van der Waals surface area (Å²) < 4.78 is 0. The number of hydrogen-bond donors (Lipinski definition) is 0. The lowest BCUT2D eigenvalue weighted by molar-refractivity contribution is 0.351. The van der Waals surface area contributed by atoms with Crippen LogP contribution in [0, 0.1) is 17.3 Å². The molecule has 1 rings (SSSR count). The predicted octanol–water partition coefficient (Wildman–Crippen LogP) is 3.47. The summed E-state index contributed by atoms with van der Waals surface area (Å²) in [4.78, 5) is 0. The van der Waals surface area contributed by atoms with Crippen molar-refractivity contribution in [1.29, 1.82) is 0 Å². The molecular weight excluding hydrogens is 120 g/mol. The van der Waals surface area contributed by atoms with Gasteiger partial charge in [0.2, 0.25) is 0 Å². The normalized spacial score (nSPS) is 32.4. The summed E-state index contributed by atoms with van der Waals surface area (Å²) in [6.45, 7) is 9.37. The highest BCUT2D eigenvalue weighted by Crippen LogP contribution is 2.43. The van der Waals surface area contributed by atoms with Crippen LogP contribution >= 0.6 is 0 Å². The molecule has 0 spiro atoms. The molecule has 2 unspecified atom stereocenters. The lowest BCUT2D eigenvalue weighted by Gasteiger charge is -2.17. The second-order valence-electron chi connectivity index (χ2n) is 5.07. The fraction of sp³-hybridized carbons (Fsp3) is 1.00. The van der Waals surface area contributed by atoms with Crippen molar-refractivity contribution < 1.29 is 0 Å². The van der Waals surface area contributed by atoms with E-state index in [1.54, 1.807) is 0 Å². The molecule has 0 saturated heterocycles. The van der Waals surface area contributed by atoms with Crippen molar-refractivity contribution >= 4 is 0 Å². The van der Waals surface area contributed by atoms with Gasteiger partial charge in [0, 0.05) is 0 Å². The van der Waals surface area contributed by atoms with Crippen molar-refractivity contribution in [2.75, 3.05) is 0 Å². The molecule has 60 valence electrons.